The van der Waals surface area contributed by atoms with Crippen molar-refractivity contribution < 1.29 is 4.74 Å². The number of hydrogen-bond acceptors (Lipinski definition) is 9. The van der Waals surface area contributed by atoms with Gasteiger partial charge in [-0.3, -0.25) is 0 Å². The highest BCUT2D eigenvalue weighted by Crippen LogP contribution is 2.43. The molecule has 33 heavy (non-hydrogen) atoms. The van der Waals surface area contributed by atoms with Gasteiger partial charge in [0.1, 0.15) is 22.7 Å². The SMILES string of the molecule is c1cnc2ncnc(SC3CCC(c4ccc5c(SC6CCOCC6)ncnc5n4)C3)c2c1. The molecule has 7 nitrogen and oxygen atoms in total. The molecule has 2 fully saturated rings. The van der Waals surface area contributed by atoms with Gasteiger partial charge in [0.05, 0.1) is 10.8 Å². The lowest BCUT2D eigenvalue weighted by molar-refractivity contribution is 0.1000. The van der Waals surface area contributed by atoms with Gasteiger partial charge in [0.25, 0.3) is 0 Å². The number of fused-ring (bicyclic) bond motifs is 2. The highest BCUT2D eigenvalue weighted by Gasteiger charge is 2.29. The smallest absolute Gasteiger partial charge is 0.163 e. The van der Waals surface area contributed by atoms with E-state index >= 15 is 0 Å². The van der Waals surface area contributed by atoms with Gasteiger partial charge in [0.15, 0.2) is 11.3 Å². The van der Waals surface area contributed by atoms with Gasteiger partial charge in [-0.25, -0.2) is 29.9 Å². The Kier molecular flexibility index (Phi) is 6.09. The molecule has 1 saturated heterocycles. The summed E-state index contributed by atoms with van der Waals surface area (Å²) in [5, 5.41) is 5.21. The lowest BCUT2D eigenvalue weighted by atomic mass is 10.0. The number of thioether (sulfide) groups is 2. The molecule has 4 aromatic heterocycles. The molecule has 1 aliphatic carbocycles. The third-order valence-corrected chi connectivity index (χ3v) is 9.05. The molecule has 6 rings (SSSR count). The molecule has 0 spiro atoms. The first-order chi connectivity index (χ1) is 16.3. The van der Waals surface area contributed by atoms with E-state index in [1.165, 1.54) is 0 Å². The predicted molar refractivity (Wildman–Crippen MR) is 131 cm³/mol. The molecule has 0 N–H and O–H groups in total. The Bertz CT molecular complexity index is 1280. The Balaban J connectivity index is 1.18. The van der Waals surface area contributed by atoms with Gasteiger partial charge in [-0.15, -0.1) is 23.5 Å². The molecule has 2 unspecified atom stereocenters. The van der Waals surface area contributed by atoms with E-state index in [9.17, 15) is 0 Å². The molecule has 2 atom stereocenters. The normalized spacial score (nSPS) is 21.7. The van der Waals surface area contributed by atoms with Crippen LogP contribution in [0.2, 0.25) is 0 Å². The minimum atomic E-state index is 0.444. The van der Waals surface area contributed by atoms with Crippen LogP contribution >= 0.6 is 23.5 Å². The minimum absolute atomic E-state index is 0.444. The predicted octanol–water partition coefficient (Wildman–Crippen LogP) is 5.06. The first kappa shape index (κ1) is 21.2. The average Bonchev–Trinajstić information content (AvgIpc) is 3.33. The van der Waals surface area contributed by atoms with Crippen LogP contribution in [0.25, 0.3) is 22.1 Å². The summed E-state index contributed by atoms with van der Waals surface area (Å²) in [6.07, 6.45) is 10.6. The summed E-state index contributed by atoms with van der Waals surface area (Å²) in [5.74, 6) is 0.444. The summed E-state index contributed by atoms with van der Waals surface area (Å²) >= 11 is 3.69. The van der Waals surface area contributed by atoms with Gasteiger partial charge in [-0.2, -0.15) is 0 Å². The molecule has 0 radical (unpaired) electrons. The summed E-state index contributed by atoms with van der Waals surface area (Å²) in [6.45, 7) is 1.68. The zero-order valence-electron chi connectivity index (χ0n) is 18.1. The Morgan fingerprint density at radius 3 is 2.33 bits per heavy atom. The lowest BCUT2D eigenvalue weighted by Crippen LogP contribution is -2.17. The maximum atomic E-state index is 5.49. The first-order valence-electron chi connectivity index (χ1n) is 11.4. The number of nitrogens with zero attached hydrogens (tertiary/aromatic N) is 6. The van der Waals surface area contributed by atoms with Crippen LogP contribution in [0.5, 0.6) is 0 Å². The molecular formula is C24H24N6OS2. The van der Waals surface area contributed by atoms with E-state index in [2.05, 4.69) is 43.1 Å². The van der Waals surface area contributed by atoms with Gasteiger partial charge in [0.2, 0.25) is 0 Å². The van der Waals surface area contributed by atoms with Crippen LogP contribution in [-0.2, 0) is 4.74 Å². The molecule has 0 aromatic carbocycles. The molecule has 1 aliphatic heterocycles. The molecule has 0 bridgehead atoms. The molecule has 5 heterocycles. The van der Waals surface area contributed by atoms with Crippen LogP contribution < -0.4 is 0 Å². The molecule has 4 aromatic rings. The number of pyridine rings is 2. The Hall–Kier alpha value is -2.36. The highest BCUT2D eigenvalue weighted by molar-refractivity contribution is 8.00. The zero-order valence-corrected chi connectivity index (χ0v) is 19.8. The van der Waals surface area contributed by atoms with Crippen LogP contribution in [0.3, 0.4) is 0 Å². The maximum absolute atomic E-state index is 5.49. The summed E-state index contributed by atoms with van der Waals surface area (Å²) in [5.41, 5.74) is 2.71. The second-order valence-corrected chi connectivity index (χ2v) is 11.1. The Morgan fingerprint density at radius 1 is 0.727 bits per heavy atom. The second kappa shape index (κ2) is 9.48. The number of ether oxygens (including phenoxy) is 1. The molecule has 9 heteroatoms. The molecule has 1 saturated carbocycles. The van der Waals surface area contributed by atoms with Gasteiger partial charge in [-0.1, -0.05) is 0 Å². The zero-order chi connectivity index (χ0) is 22.0. The Morgan fingerprint density at radius 2 is 1.48 bits per heavy atom. The standard InChI is InChI=1S/C24H24N6OS2/c1-2-18-21(25-9-1)26-13-28-23(18)33-17-4-3-15(12-17)20-6-5-19-22(30-20)27-14-29-24(19)32-16-7-10-31-11-8-16/h1-2,5-6,9,13-17H,3-4,7-8,10-12H2. The third kappa shape index (κ3) is 4.54. The van der Waals surface area contributed by atoms with Crippen molar-refractivity contribution in [2.45, 2.75) is 58.6 Å². The van der Waals surface area contributed by atoms with Crippen LogP contribution in [0.4, 0.5) is 0 Å². The summed E-state index contributed by atoms with van der Waals surface area (Å²) in [4.78, 5) is 27.2. The quantitative estimate of drug-likeness (QED) is 0.367. The summed E-state index contributed by atoms with van der Waals surface area (Å²) in [6, 6.07) is 8.35. The van der Waals surface area contributed by atoms with Crippen molar-refractivity contribution in [3.63, 3.8) is 0 Å². The summed E-state index contributed by atoms with van der Waals surface area (Å²) in [7, 11) is 0. The summed E-state index contributed by atoms with van der Waals surface area (Å²) < 4.78 is 5.49. The third-order valence-electron chi connectivity index (χ3n) is 6.38. The van der Waals surface area contributed by atoms with Crippen molar-refractivity contribution in [2.24, 2.45) is 0 Å². The van der Waals surface area contributed by atoms with Crippen LogP contribution in [0, 0.1) is 0 Å². The van der Waals surface area contributed by atoms with Gasteiger partial charge >= 0.3 is 0 Å². The molecule has 0 amide bonds. The van der Waals surface area contributed by atoms with E-state index in [-0.39, 0.29) is 0 Å². The van der Waals surface area contributed by atoms with Crippen LogP contribution in [0.1, 0.15) is 43.7 Å². The van der Waals surface area contributed by atoms with Crippen molar-refractivity contribution in [3.8, 4) is 0 Å². The fourth-order valence-electron chi connectivity index (χ4n) is 4.65. The van der Waals surface area contributed by atoms with Crippen molar-refractivity contribution in [3.05, 3.63) is 48.8 Å². The van der Waals surface area contributed by atoms with Crippen molar-refractivity contribution in [1.82, 2.24) is 29.9 Å². The number of hydrogen-bond donors (Lipinski definition) is 0. The first-order valence-corrected chi connectivity index (χ1v) is 13.2. The van der Waals surface area contributed by atoms with Gasteiger partial charge in [0, 0.05) is 41.5 Å². The number of aromatic nitrogens is 6. The Labute approximate surface area is 200 Å². The second-order valence-electron chi connectivity index (χ2n) is 8.52. The topological polar surface area (TPSA) is 86.6 Å². The molecular weight excluding hydrogens is 452 g/mol. The van der Waals surface area contributed by atoms with Crippen molar-refractivity contribution in [2.75, 3.05) is 13.2 Å². The maximum Gasteiger partial charge on any atom is 0.163 e. The lowest BCUT2D eigenvalue weighted by Gasteiger charge is -2.21. The monoisotopic (exact) mass is 476 g/mol. The molecule has 168 valence electrons. The van der Waals surface area contributed by atoms with E-state index in [1.54, 1.807) is 18.9 Å². The van der Waals surface area contributed by atoms with E-state index in [1.807, 2.05) is 29.6 Å². The largest absolute Gasteiger partial charge is 0.381 e. The van der Waals surface area contributed by atoms with E-state index in [4.69, 9.17) is 9.72 Å². The van der Waals surface area contributed by atoms with Crippen molar-refractivity contribution in [1.29, 1.82) is 0 Å². The minimum Gasteiger partial charge on any atom is -0.381 e. The fourth-order valence-corrected chi connectivity index (χ4v) is 7.08. The average molecular weight is 477 g/mol. The van der Waals surface area contributed by atoms with Crippen molar-refractivity contribution >= 4 is 45.6 Å². The van der Waals surface area contributed by atoms with E-state index in [0.29, 0.717) is 16.4 Å². The van der Waals surface area contributed by atoms with E-state index < -0.39 is 0 Å². The van der Waals surface area contributed by atoms with Crippen LogP contribution in [-0.4, -0.2) is 53.6 Å². The van der Waals surface area contributed by atoms with Crippen LogP contribution in [0.15, 0.2) is 53.2 Å². The fraction of sp³-hybridized carbons (Fsp3) is 0.417. The molecule has 2 aliphatic rings. The van der Waals surface area contributed by atoms with Gasteiger partial charge in [-0.05, 0) is 56.4 Å². The highest BCUT2D eigenvalue weighted by atomic mass is 32.2. The number of rotatable bonds is 5. The van der Waals surface area contributed by atoms with E-state index in [0.717, 1.165) is 83.1 Å². The van der Waals surface area contributed by atoms with Gasteiger partial charge < -0.3 is 4.74 Å².